The Labute approximate surface area is 226 Å². The van der Waals surface area contributed by atoms with Gasteiger partial charge in [0.2, 0.25) is 11.8 Å². The van der Waals surface area contributed by atoms with Crippen LogP contribution in [0.2, 0.25) is 5.02 Å². The number of carbonyl (C=O) groups excluding carboxylic acids is 2. The predicted molar refractivity (Wildman–Crippen MR) is 151 cm³/mol. The SMILES string of the molecule is Cc1ccc(C)c(CC(=O)N(Cc2ccc(Cl)cc2)C(Cc2ccccc2)C(=O)NC2CCCCC2)c1. The lowest BCUT2D eigenvalue weighted by atomic mass is 9.94. The van der Waals surface area contributed by atoms with Crippen molar-refractivity contribution in [3.05, 3.63) is 106 Å². The summed E-state index contributed by atoms with van der Waals surface area (Å²) >= 11 is 6.13. The summed E-state index contributed by atoms with van der Waals surface area (Å²) in [7, 11) is 0. The van der Waals surface area contributed by atoms with Crippen molar-refractivity contribution in [2.45, 2.75) is 77.4 Å². The maximum atomic E-state index is 14.0. The minimum absolute atomic E-state index is 0.0524. The van der Waals surface area contributed by atoms with E-state index in [0.29, 0.717) is 18.0 Å². The molecule has 0 aliphatic heterocycles. The van der Waals surface area contributed by atoms with Crippen molar-refractivity contribution in [1.82, 2.24) is 10.2 Å². The van der Waals surface area contributed by atoms with E-state index in [0.717, 1.165) is 53.5 Å². The van der Waals surface area contributed by atoms with Crippen LogP contribution in [0, 0.1) is 13.8 Å². The lowest BCUT2D eigenvalue weighted by molar-refractivity contribution is -0.141. The van der Waals surface area contributed by atoms with Gasteiger partial charge in [-0.15, -0.1) is 0 Å². The number of halogens is 1. The van der Waals surface area contributed by atoms with E-state index in [1.54, 1.807) is 4.90 Å². The Balaban J connectivity index is 1.67. The number of rotatable bonds is 9. The second-order valence-corrected chi connectivity index (χ2v) is 10.7. The summed E-state index contributed by atoms with van der Waals surface area (Å²) in [6.07, 6.45) is 6.20. The van der Waals surface area contributed by atoms with E-state index in [4.69, 9.17) is 11.6 Å². The first-order valence-electron chi connectivity index (χ1n) is 13.3. The third-order valence-electron chi connectivity index (χ3n) is 7.34. The van der Waals surface area contributed by atoms with Gasteiger partial charge in [-0.05, 0) is 61.1 Å². The van der Waals surface area contributed by atoms with E-state index >= 15 is 0 Å². The molecule has 4 rings (SSSR count). The molecule has 0 bridgehead atoms. The monoisotopic (exact) mass is 516 g/mol. The van der Waals surface area contributed by atoms with Crippen LogP contribution in [0.15, 0.2) is 72.8 Å². The van der Waals surface area contributed by atoms with E-state index in [-0.39, 0.29) is 24.3 Å². The third kappa shape index (κ3) is 7.69. The van der Waals surface area contributed by atoms with E-state index in [2.05, 4.69) is 23.5 Å². The molecular formula is C32H37ClN2O2. The second kappa shape index (κ2) is 12.9. The number of nitrogens with one attached hydrogen (secondary N) is 1. The third-order valence-corrected chi connectivity index (χ3v) is 7.59. The van der Waals surface area contributed by atoms with Crippen molar-refractivity contribution in [3.63, 3.8) is 0 Å². The molecule has 0 aromatic heterocycles. The smallest absolute Gasteiger partial charge is 0.243 e. The molecule has 194 valence electrons. The first-order chi connectivity index (χ1) is 17.9. The van der Waals surface area contributed by atoms with Gasteiger partial charge in [0.25, 0.3) is 0 Å². The summed E-state index contributed by atoms with van der Waals surface area (Å²) in [5.74, 6) is -0.123. The first kappa shape index (κ1) is 26.9. The molecule has 5 heteroatoms. The van der Waals surface area contributed by atoms with Crippen molar-refractivity contribution < 1.29 is 9.59 Å². The number of nitrogens with zero attached hydrogens (tertiary/aromatic N) is 1. The highest BCUT2D eigenvalue weighted by molar-refractivity contribution is 6.30. The van der Waals surface area contributed by atoms with E-state index in [1.807, 2.05) is 68.4 Å². The van der Waals surface area contributed by atoms with Crippen molar-refractivity contribution >= 4 is 23.4 Å². The molecule has 0 spiro atoms. The Morgan fingerprint density at radius 1 is 0.919 bits per heavy atom. The second-order valence-electron chi connectivity index (χ2n) is 10.3. The number of hydrogen-bond donors (Lipinski definition) is 1. The fourth-order valence-electron chi connectivity index (χ4n) is 5.14. The fourth-order valence-corrected chi connectivity index (χ4v) is 5.27. The van der Waals surface area contributed by atoms with Crippen LogP contribution in [-0.4, -0.2) is 28.8 Å². The summed E-state index contributed by atoms with van der Waals surface area (Å²) in [6.45, 7) is 4.41. The summed E-state index contributed by atoms with van der Waals surface area (Å²) < 4.78 is 0. The Kier molecular flexibility index (Phi) is 9.40. The molecule has 4 nitrogen and oxygen atoms in total. The fraction of sp³-hybridized carbons (Fsp3) is 0.375. The van der Waals surface area contributed by atoms with Crippen molar-refractivity contribution in [3.8, 4) is 0 Å². The molecule has 1 unspecified atom stereocenters. The molecule has 0 radical (unpaired) electrons. The number of hydrogen-bond acceptors (Lipinski definition) is 2. The van der Waals surface area contributed by atoms with Gasteiger partial charge in [-0.2, -0.15) is 0 Å². The van der Waals surface area contributed by atoms with Crippen LogP contribution in [0.5, 0.6) is 0 Å². The van der Waals surface area contributed by atoms with Crippen LogP contribution >= 0.6 is 11.6 Å². The van der Waals surface area contributed by atoms with Gasteiger partial charge in [0, 0.05) is 24.0 Å². The minimum atomic E-state index is -0.613. The molecule has 3 aromatic carbocycles. The molecule has 1 saturated carbocycles. The van der Waals surface area contributed by atoms with Gasteiger partial charge in [-0.25, -0.2) is 0 Å². The van der Waals surface area contributed by atoms with Crippen molar-refractivity contribution in [2.75, 3.05) is 0 Å². The topological polar surface area (TPSA) is 49.4 Å². The van der Waals surface area contributed by atoms with Gasteiger partial charge in [-0.1, -0.05) is 97.1 Å². The molecule has 3 aromatic rings. The average Bonchev–Trinajstić information content (AvgIpc) is 2.90. The maximum Gasteiger partial charge on any atom is 0.243 e. The Bertz CT molecular complexity index is 1190. The Hall–Kier alpha value is -3.11. The number of carbonyl (C=O) groups is 2. The lowest BCUT2D eigenvalue weighted by Crippen LogP contribution is -2.53. The first-order valence-corrected chi connectivity index (χ1v) is 13.7. The minimum Gasteiger partial charge on any atom is -0.352 e. The number of aryl methyl sites for hydroxylation is 2. The van der Waals surface area contributed by atoms with Crippen LogP contribution < -0.4 is 5.32 Å². The molecule has 1 N–H and O–H groups in total. The Morgan fingerprint density at radius 2 is 1.62 bits per heavy atom. The zero-order valence-corrected chi connectivity index (χ0v) is 22.6. The van der Waals surface area contributed by atoms with Crippen LogP contribution in [-0.2, 0) is 29.0 Å². The van der Waals surface area contributed by atoms with E-state index in [1.165, 1.54) is 6.42 Å². The summed E-state index contributed by atoms with van der Waals surface area (Å²) in [4.78, 5) is 29.6. The molecule has 37 heavy (non-hydrogen) atoms. The lowest BCUT2D eigenvalue weighted by Gasteiger charge is -2.33. The summed E-state index contributed by atoms with van der Waals surface area (Å²) in [6, 6.07) is 23.2. The highest BCUT2D eigenvalue weighted by Crippen LogP contribution is 2.22. The van der Waals surface area contributed by atoms with Gasteiger partial charge in [0.1, 0.15) is 6.04 Å². The van der Waals surface area contributed by atoms with Gasteiger partial charge in [-0.3, -0.25) is 9.59 Å². The highest BCUT2D eigenvalue weighted by atomic mass is 35.5. The van der Waals surface area contributed by atoms with Gasteiger partial charge < -0.3 is 10.2 Å². The van der Waals surface area contributed by atoms with Crippen molar-refractivity contribution in [1.29, 1.82) is 0 Å². The van der Waals surface area contributed by atoms with E-state index in [9.17, 15) is 9.59 Å². The molecule has 2 amide bonds. The van der Waals surface area contributed by atoms with Crippen molar-refractivity contribution in [2.24, 2.45) is 0 Å². The van der Waals surface area contributed by atoms with Crippen LogP contribution in [0.4, 0.5) is 0 Å². The molecule has 1 atom stereocenters. The highest BCUT2D eigenvalue weighted by Gasteiger charge is 2.32. The zero-order chi connectivity index (χ0) is 26.2. The molecule has 1 fully saturated rings. The van der Waals surface area contributed by atoms with Crippen LogP contribution in [0.3, 0.4) is 0 Å². The average molecular weight is 517 g/mol. The van der Waals surface area contributed by atoms with Crippen LogP contribution in [0.1, 0.15) is 59.9 Å². The summed E-state index contributed by atoms with van der Waals surface area (Å²) in [5.41, 5.74) is 5.18. The van der Waals surface area contributed by atoms with Gasteiger partial charge in [0.15, 0.2) is 0 Å². The largest absolute Gasteiger partial charge is 0.352 e. The van der Waals surface area contributed by atoms with Gasteiger partial charge >= 0.3 is 0 Å². The summed E-state index contributed by atoms with van der Waals surface area (Å²) in [5, 5.41) is 3.95. The molecule has 1 aliphatic rings. The van der Waals surface area contributed by atoms with E-state index < -0.39 is 6.04 Å². The zero-order valence-electron chi connectivity index (χ0n) is 21.9. The normalized spacial score (nSPS) is 14.7. The maximum absolute atomic E-state index is 14.0. The number of benzene rings is 3. The molecule has 0 saturated heterocycles. The van der Waals surface area contributed by atoms with Crippen LogP contribution in [0.25, 0.3) is 0 Å². The standard InChI is InChI=1S/C32H37ClN2O2/c1-23-13-14-24(2)27(19-23)21-31(36)35(22-26-15-17-28(33)18-16-26)30(20-25-9-5-3-6-10-25)32(37)34-29-11-7-4-8-12-29/h3,5-6,9-10,13-19,29-30H,4,7-8,11-12,20-22H2,1-2H3,(H,34,37). The molecule has 0 heterocycles. The molecular weight excluding hydrogens is 480 g/mol. The predicted octanol–water partition coefficient (Wildman–Crippen LogP) is 6.59. The Morgan fingerprint density at radius 3 is 2.32 bits per heavy atom. The quantitative estimate of drug-likeness (QED) is 0.349. The number of amides is 2. The van der Waals surface area contributed by atoms with Gasteiger partial charge in [0.05, 0.1) is 6.42 Å². The molecule has 1 aliphatic carbocycles.